The van der Waals surface area contributed by atoms with Crippen molar-refractivity contribution in [3.8, 4) is 5.75 Å². The molecule has 8 heteroatoms. The summed E-state index contributed by atoms with van der Waals surface area (Å²) in [7, 11) is 1.67. The van der Waals surface area contributed by atoms with Crippen molar-refractivity contribution in [3.05, 3.63) is 74.7 Å². The number of thiazole rings is 1. The van der Waals surface area contributed by atoms with Crippen molar-refractivity contribution in [1.29, 1.82) is 0 Å². The van der Waals surface area contributed by atoms with Gasteiger partial charge in [-0.25, -0.2) is 0 Å². The molecule has 7 atom stereocenters. The summed E-state index contributed by atoms with van der Waals surface area (Å²) in [4.78, 5) is 45.1. The van der Waals surface area contributed by atoms with Crippen LogP contribution >= 0.6 is 23.1 Å². The molecule has 0 unspecified atom stereocenters. The van der Waals surface area contributed by atoms with Gasteiger partial charge in [0.25, 0.3) is 0 Å². The maximum absolute atomic E-state index is 13.7. The molecule has 3 aromatic rings. The number of methoxy groups -OCH3 is 1. The second-order valence-electron chi connectivity index (χ2n) is 9.55. The predicted octanol–water partition coefficient (Wildman–Crippen LogP) is 4.12. The van der Waals surface area contributed by atoms with Crippen molar-refractivity contribution in [2.24, 2.45) is 29.6 Å². The lowest BCUT2D eigenvalue weighted by atomic mass is 9.68. The summed E-state index contributed by atoms with van der Waals surface area (Å²) >= 11 is 2.97. The van der Waals surface area contributed by atoms with Crippen LogP contribution in [0.25, 0.3) is 0 Å². The van der Waals surface area contributed by atoms with E-state index in [1.807, 2.05) is 48.5 Å². The van der Waals surface area contributed by atoms with E-state index in [9.17, 15) is 14.4 Å². The molecule has 2 aliphatic carbocycles. The molecule has 34 heavy (non-hydrogen) atoms. The number of aromatic nitrogens is 1. The van der Waals surface area contributed by atoms with Gasteiger partial charge in [0.1, 0.15) is 5.75 Å². The predicted molar refractivity (Wildman–Crippen MR) is 130 cm³/mol. The van der Waals surface area contributed by atoms with E-state index in [0.29, 0.717) is 5.69 Å². The fraction of sp³-hybridized carbons (Fsp3) is 0.346. The van der Waals surface area contributed by atoms with Gasteiger partial charge in [-0.3, -0.25) is 19.3 Å². The molecule has 1 N–H and O–H groups in total. The van der Waals surface area contributed by atoms with Crippen LogP contribution < -0.4 is 14.5 Å². The summed E-state index contributed by atoms with van der Waals surface area (Å²) in [6, 6.07) is 17.3. The van der Waals surface area contributed by atoms with Crippen molar-refractivity contribution in [2.75, 3.05) is 12.0 Å². The number of hydrogen-bond acceptors (Lipinski definition) is 6. The Hall–Kier alpha value is -2.84. The summed E-state index contributed by atoms with van der Waals surface area (Å²) in [5.41, 5.74) is 1.71. The molecule has 1 saturated heterocycles. The van der Waals surface area contributed by atoms with Crippen LogP contribution in [-0.4, -0.2) is 29.2 Å². The van der Waals surface area contributed by atoms with Crippen LogP contribution in [0.2, 0.25) is 0 Å². The SMILES string of the molecule is COc1ccccc1[C@H]1c2sc(=O)[nH]c2S[C@H]2[C@@H]3C[C@@H]([C@H]4C(=O)N(c5ccccc5)C(=O)[C@H]34)[C@@H]12. The number of carbonyl (C=O) groups excluding carboxylic acids is 2. The summed E-state index contributed by atoms with van der Waals surface area (Å²) in [5, 5.41) is 1.08. The first-order chi connectivity index (χ1) is 16.6. The molecule has 0 radical (unpaired) electrons. The van der Waals surface area contributed by atoms with Crippen LogP contribution in [0.1, 0.15) is 22.8 Å². The number of thioether (sulfide) groups is 1. The summed E-state index contributed by atoms with van der Waals surface area (Å²) in [6.45, 7) is 0. The number of anilines is 1. The zero-order chi connectivity index (χ0) is 23.1. The number of hydrogen-bond donors (Lipinski definition) is 1. The Labute approximate surface area is 204 Å². The van der Waals surface area contributed by atoms with Crippen LogP contribution in [0, 0.1) is 29.6 Å². The number of nitrogens with one attached hydrogen (secondary N) is 1. The van der Waals surface area contributed by atoms with E-state index in [1.54, 1.807) is 18.9 Å². The highest BCUT2D eigenvalue weighted by Crippen LogP contribution is 2.69. The van der Waals surface area contributed by atoms with Gasteiger partial charge in [-0.2, -0.15) is 0 Å². The molecule has 2 aromatic carbocycles. The van der Waals surface area contributed by atoms with E-state index in [1.165, 1.54) is 16.2 Å². The van der Waals surface area contributed by atoms with E-state index >= 15 is 0 Å². The molecule has 2 saturated carbocycles. The Balaban J connectivity index is 1.36. The smallest absolute Gasteiger partial charge is 0.305 e. The van der Waals surface area contributed by atoms with E-state index in [4.69, 9.17) is 4.74 Å². The number of amides is 2. The third kappa shape index (κ3) is 2.61. The number of fused-ring (bicyclic) bond motifs is 9. The topological polar surface area (TPSA) is 79.5 Å². The maximum atomic E-state index is 13.7. The number of aromatic amines is 1. The fourth-order valence-electron chi connectivity index (χ4n) is 7.12. The number of benzene rings is 2. The molecule has 2 bridgehead atoms. The Bertz CT molecular complexity index is 1380. The van der Waals surface area contributed by atoms with Gasteiger partial charge in [0.05, 0.1) is 29.7 Å². The lowest BCUT2D eigenvalue weighted by molar-refractivity contribution is -0.123. The highest BCUT2D eigenvalue weighted by Gasteiger charge is 2.69. The van der Waals surface area contributed by atoms with Gasteiger partial charge >= 0.3 is 4.87 Å². The van der Waals surface area contributed by atoms with Gasteiger partial charge in [0, 0.05) is 21.6 Å². The van der Waals surface area contributed by atoms with Crippen LogP contribution in [-0.2, 0) is 9.59 Å². The van der Waals surface area contributed by atoms with E-state index < -0.39 is 0 Å². The third-order valence-corrected chi connectivity index (χ3v) is 10.8. The second kappa shape index (κ2) is 7.33. The van der Waals surface area contributed by atoms with Gasteiger partial charge in [-0.05, 0) is 42.4 Å². The number of ether oxygens (including phenoxy) is 1. The highest BCUT2D eigenvalue weighted by atomic mass is 32.2. The van der Waals surface area contributed by atoms with Crippen molar-refractivity contribution in [2.45, 2.75) is 22.6 Å². The minimum absolute atomic E-state index is 0.0361. The van der Waals surface area contributed by atoms with E-state index in [2.05, 4.69) is 11.1 Å². The van der Waals surface area contributed by atoms with Gasteiger partial charge in [0.15, 0.2) is 0 Å². The summed E-state index contributed by atoms with van der Waals surface area (Å²) in [6.07, 6.45) is 0.878. The van der Waals surface area contributed by atoms with E-state index in [0.717, 1.165) is 27.6 Å². The Kier molecular flexibility index (Phi) is 4.42. The standard InChI is InChI=1S/C26H22N2O4S2/c1-32-16-10-6-5-9-13(16)17-18-14-11-15(21(18)33-23-22(17)34-26(31)27-23)20-19(14)24(29)28(25(20)30)12-7-3-2-4-8-12/h2-10,14-15,17-21H,11H2,1H3,(H,27,31)/t14-,15-,17-,18+,19-,20-,21+/m1/s1. The molecule has 2 aliphatic heterocycles. The maximum Gasteiger partial charge on any atom is 0.305 e. The second-order valence-corrected chi connectivity index (χ2v) is 11.8. The number of carbonyl (C=O) groups is 2. The van der Waals surface area contributed by atoms with Gasteiger partial charge in [0.2, 0.25) is 11.8 Å². The number of rotatable bonds is 3. The first kappa shape index (κ1) is 20.5. The molecule has 172 valence electrons. The molecule has 3 fully saturated rings. The number of H-pyrrole nitrogens is 1. The lowest BCUT2D eigenvalue weighted by Crippen LogP contribution is -2.42. The minimum atomic E-state index is -0.297. The van der Waals surface area contributed by atoms with Crippen LogP contribution in [0.4, 0.5) is 5.69 Å². The van der Waals surface area contributed by atoms with Crippen molar-refractivity contribution in [3.63, 3.8) is 0 Å². The molecular weight excluding hydrogens is 468 g/mol. The lowest BCUT2D eigenvalue weighted by Gasteiger charge is -2.43. The minimum Gasteiger partial charge on any atom is -0.496 e. The van der Waals surface area contributed by atoms with Crippen LogP contribution in [0.5, 0.6) is 5.75 Å². The van der Waals surface area contributed by atoms with Crippen molar-refractivity contribution in [1.82, 2.24) is 4.98 Å². The molecule has 2 amide bonds. The molecule has 6 nitrogen and oxygen atoms in total. The zero-order valence-corrected chi connectivity index (χ0v) is 20.0. The highest BCUT2D eigenvalue weighted by molar-refractivity contribution is 8.00. The van der Waals surface area contributed by atoms with Gasteiger partial charge in [-0.1, -0.05) is 47.7 Å². The average molecular weight is 491 g/mol. The molecule has 0 spiro atoms. The number of nitrogens with zero attached hydrogens (tertiary/aromatic N) is 1. The van der Waals surface area contributed by atoms with Gasteiger partial charge in [-0.15, -0.1) is 11.8 Å². The zero-order valence-electron chi connectivity index (χ0n) is 18.3. The fourth-order valence-corrected chi connectivity index (χ4v) is 10.00. The Morgan fingerprint density at radius 1 is 0.941 bits per heavy atom. The first-order valence-electron chi connectivity index (χ1n) is 11.5. The largest absolute Gasteiger partial charge is 0.496 e. The normalized spacial score (nSPS) is 33.1. The van der Waals surface area contributed by atoms with E-state index in [-0.39, 0.29) is 57.4 Å². The molecule has 7 rings (SSSR count). The quantitative estimate of drug-likeness (QED) is 0.559. The molecule has 3 heterocycles. The summed E-state index contributed by atoms with van der Waals surface area (Å²) in [5.74, 6) is 0.427. The van der Waals surface area contributed by atoms with Gasteiger partial charge < -0.3 is 9.72 Å². The number of imide groups is 1. The Morgan fingerprint density at radius 3 is 2.41 bits per heavy atom. The molecular formula is C26H22N2O4S2. The molecule has 1 aromatic heterocycles. The number of para-hydroxylation sites is 2. The van der Waals surface area contributed by atoms with Crippen molar-refractivity contribution < 1.29 is 14.3 Å². The molecule has 4 aliphatic rings. The average Bonchev–Trinajstić information content (AvgIpc) is 3.58. The monoisotopic (exact) mass is 490 g/mol. The van der Waals surface area contributed by atoms with Crippen LogP contribution in [0.3, 0.4) is 0 Å². The van der Waals surface area contributed by atoms with Crippen molar-refractivity contribution >= 4 is 40.6 Å². The summed E-state index contributed by atoms with van der Waals surface area (Å²) < 4.78 is 5.73. The Morgan fingerprint density at radius 2 is 1.65 bits per heavy atom. The third-order valence-electron chi connectivity index (χ3n) is 8.21. The first-order valence-corrected chi connectivity index (χ1v) is 13.2. The van der Waals surface area contributed by atoms with Crippen LogP contribution in [0.15, 0.2) is 64.4 Å².